The van der Waals surface area contributed by atoms with Crippen molar-refractivity contribution in [2.45, 2.75) is 20.3 Å². The fourth-order valence-electron chi connectivity index (χ4n) is 2.13. The van der Waals surface area contributed by atoms with Crippen LogP contribution in [0.15, 0.2) is 48.5 Å². The summed E-state index contributed by atoms with van der Waals surface area (Å²) in [6.45, 7) is 5.00. The topological polar surface area (TPSA) is 47.6 Å². The molecule has 122 valence electrons. The SMILES string of the molecule is COC(=O)c1ccccc1Nc1ccccc1OCCC(C)C. The van der Waals surface area contributed by atoms with Gasteiger partial charge in [-0.2, -0.15) is 0 Å². The van der Waals surface area contributed by atoms with E-state index in [1.54, 1.807) is 6.07 Å². The van der Waals surface area contributed by atoms with Crippen LogP contribution in [0, 0.1) is 5.92 Å². The van der Waals surface area contributed by atoms with Gasteiger partial charge in [0, 0.05) is 0 Å². The van der Waals surface area contributed by atoms with Gasteiger partial charge in [-0.05, 0) is 36.6 Å². The predicted octanol–water partition coefficient (Wildman–Crippen LogP) is 4.64. The van der Waals surface area contributed by atoms with Crippen LogP contribution in [-0.4, -0.2) is 19.7 Å². The second kappa shape index (κ2) is 8.22. The van der Waals surface area contributed by atoms with Crippen molar-refractivity contribution in [3.05, 3.63) is 54.1 Å². The molecule has 0 aromatic heterocycles. The van der Waals surface area contributed by atoms with Gasteiger partial charge in [-0.15, -0.1) is 0 Å². The highest BCUT2D eigenvalue weighted by atomic mass is 16.5. The van der Waals surface area contributed by atoms with Gasteiger partial charge in [-0.25, -0.2) is 4.79 Å². The third kappa shape index (κ3) is 4.74. The normalized spacial score (nSPS) is 10.4. The smallest absolute Gasteiger partial charge is 0.339 e. The Bertz CT molecular complexity index is 653. The third-order valence-corrected chi connectivity index (χ3v) is 3.44. The van der Waals surface area contributed by atoms with Gasteiger partial charge >= 0.3 is 5.97 Å². The van der Waals surface area contributed by atoms with Crippen LogP contribution >= 0.6 is 0 Å². The molecule has 1 N–H and O–H groups in total. The number of ether oxygens (including phenoxy) is 2. The number of carbonyl (C=O) groups excluding carboxylic acids is 1. The number of benzene rings is 2. The van der Waals surface area contributed by atoms with Crippen molar-refractivity contribution in [3.63, 3.8) is 0 Å². The van der Waals surface area contributed by atoms with Gasteiger partial charge in [0.05, 0.1) is 30.7 Å². The van der Waals surface area contributed by atoms with E-state index in [-0.39, 0.29) is 5.97 Å². The van der Waals surface area contributed by atoms with Crippen molar-refractivity contribution in [2.75, 3.05) is 19.0 Å². The molecule has 2 aromatic rings. The van der Waals surface area contributed by atoms with Crippen LogP contribution in [-0.2, 0) is 4.74 Å². The summed E-state index contributed by atoms with van der Waals surface area (Å²) in [7, 11) is 1.38. The molecule has 0 saturated heterocycles. The standard InChI is InChI=1S/C19H23NO3/c1-14(2)12-13-23-18-11-7-6-10-17(18)20-16-9-5-4-8-15(16)19(21)22-3/h4-11,14,20H,12-13H2,1-3H3. The van der Waals surface area contributed by atoms with Crippen LogP contribution in [0.25, 0.3) is 0 Å². The number of rotatable bonds is 7. The fourth-order valence-corrected chi connectivity index (χ4v) is 2.13. The Morgan fingerprint density at radius 2 is 1.70 bits per heavy atom. The highest BCUT2D eigenvalue weighted by molar-refractivity contribution is 5.96. The Labute approximate surface area is 137 Å². The van der Waals surface area contributed by atoms with Crippen LogP contribution in [0.4, 0.5) is 11.4 Å². The van der Waals surface area contributed by atoms with Crippen LogP contribution in [0.3, 0.4) is 0 Å². The van der Waals surface area contributed by atoms with Gasteiger partial charge in [0.25, 0.3) is 0 Å². The number of esters is 1. The Morgan fingerprint density at radius 3 is 2.39 bits per heavy atom. The molecule has 0 fully saturated rings. The molecule has 0 aliphatic carbocycles. The van der Waals surface area contributed by atoms with Crippen LogP contribution in [0.5, 0.6) is 5.75 Å². The zero-order chi connectivity index (χ0) is 16.7. The molecule has 4 nitrogen and oxygen atoms in total. The number of hydrogen-bond acceptors (Lipinski definition) is 4. The first-order valence-electron chi connectivity index (χ1n) is 7.78. The van der Waals surface area contributed by atoms with Crippen LogP contribution < -0.4 is 10.1 Å². The first-order valence-corrected chi connectivity index (χ1v) is 7.78. The van der Waals surface area contributed by atoms with E-state index in [1.165, 1.54) is 7.11 Å². The molecule has 4 heteroatoms. The van der Waals surface area contributed by atoms with Crippen LogP contribution in [0.2, 0.25) is 0 Å². The molecule has 0 spiro atoms. The third-order valence-electron chi connectivity index (χ3n) is 3.44. The summed E-state index contributed by atoms with van der Waals surface area (Å²) in [4.78, 5) is 11.9. The minimum Gasteiger partial charge on any atom is -0.491 e. The van der Waals surface area contributed by atoms with Crippen molar-refractivity contribution in [2.24, 2.45) is 5.92 Å². The zero-order valence-corrected chi connectivity index (χ0v) is 13.8. The Morgan fingerprint density at radius 1 is 1.04 bits per heavy atom. The van der Waals surface area contributed by atoms with E-state index in [1.807, 2.05) is 42.5 Å². The number of anilines is 2. The molecule has 0 saturated carbocycles. The first kappa shape index (κ1) is 16.9. The van der Waals surface area contributed by atoms with Crippen molar-refractivity contribution >= 4 is 17.3 Å². The van der Waals surface area contributed by atoms with Gasteiger partial charge in [0.1, 0.15) is 5.75 Å². The molecule has 0 unspecified atom stereocenters. The van der Waals surface area contributed by atoms with E-state index in [4.69, 9.17) is 9.47 Å². The lowest BCUT2D eigenvalue weighted by Crippen LogP contribution is -2.07. The molecule has 0 amide bonds. The van der Waals surface area contributed by atoms with Gasteiger partial charge in [-0.3, -0.25) is 0 Å². The van der Waals surface area contributed by atoms with Gasteiger partial charge in [0.2, 0.25) is 0 Å². The molecule has 23 heavy (non-hydrogen) atoms. The fraction of sp³-hybridized carbons (Fsp3) is 0.316. The maximum atomic E-state index is 11.9. The number of methoxy groups -OCH3 is 1. The summed E-state index contributed by atoms with van der Waals surface area (Å²) in [5.74, 6) is 0.995. The zero-order valence-electron chi connectivity index (χ0n) is 13.8. The number of para-hydroxylation sites is 3. The van der Waals surface area contributed by atoms with Crippen molar-refractivity contribution < 1.29 is 14.3 Å². The second-order valence-electron chi connectivity index (χ2n) is 5.69. The molecular formula is C19H23NO3. The average Bonchev–Trinajstić information content (AvgIpc) is 2.56. The first-order chi connectivity index (χ1) is 11.1. The highest BCUT2D eigenvalue weighted by Crippen LogP contribution is 2.29. The maximum Gasteiger partial charge on any atom is 0.339 e. The van der Waals surface area contributed by atoms with E-state index >= 15 is 0 Å². The molecule has 2 rings (SSSR count). The number of hydrogen-bond donors (Lipinski definition) is 1. The predicted molar refractivity (Wildman–Crippen MR) is 92.5 cm³/mol. The Balaban J connectivity index is 2.19. The van der Waals surface area contributed by atoms with E-state index < -0.39 is 0 Å². The summed E-state index contributed by atoms with van der Waals surface area (Å²) in [5, 5.41) is 3.27. The number of nitrogens with one attached hydrogen (secondary N) is 1. The lowest BCUT2D eigenvalue weighted by Gasteiger charge is -2.15. The van der Waals surface area contributed by atoms with Gasteiger partial charge in [0.15, 0.2) is 0 Å². The molecule has 0 aliphatic heterocycles. The lowest BCUT2D eigenvalue weighted by atomic mass is 10.1. The Hall–Kier alpha value is -2.49. The highest BCUT2D eigenvalue weighted by Gasteiger charge is 2.12. The summed E-state index contributed by atoms with van der Waals surface area (Å²) >= 11 is 0. The summed E-state index contributed by atoms with van der Waals surface area (Å²) < 4.78 is 10.7. The van der Waals surface area contributed by atoms with E-state index in [2.05, 4.69) is 19.2 Å². The van der Waals surface area contributed by atoms with E-state index in [0.717, 1.165) is 17.9 Å². The maximum absolute atomic E-state index is 11.9. The summed E-state index contributed by atoms with van der Waals surface area (Å²) in [6, 6.07) is 15.0. The second-order valence-corrected chi connectivity index (χ2v) is 5.69. The molecule has 0 atom stereocenters. The number of carbonyl (C=O) groups is 1. The molecular weight excluding hydrogens is 290 g/mol. The van der Waals surface area contributed by atoms with Crippen LogP contribution in [0.1, 0.15) is 30.6 Å². The van der Waals surface area contributed by atoms with Gasteiger partial charge < -0.3 is 14.8 Å². The average molecular weight is 313 g/mol. The summed E-state index contributed by atoms with van der Waals surface area (Å²) in [6.07, 6.45) is 0.993. The summed E-state index contributed by atoms with van der Waals surface area (Å²) in [5.41, 5.74) is 2.01. The minimum atomic E-state index is -0.369. The molecule has 0 heterocycles. The van der Waals surface area contributed by atoms with Crippen molar-refractivity contribution in [3.8, 4) is 5.75 Å². The molecule has 2 aromatic carbocycles. The molecule has 0 bridgehead atoms. The lowest BCUT2D eigenvalue weighted by molar-refractivity contribution is 0.0602. The molecule has 0 radical (unpaired) electrons. The van der Waals surface area contributed by atoms with Crippen molar-refractivity contribution in [1.82, 2.24) is 0 Å². The quantitative estimate of drug-likeness (QED) is 0.756. The molecule has 0 aliphatic rings. The monoisotopic (exact) mass is 313 g/mol. The van der Waals surface area contributed by atoms with Gasteiger partial charge in [-0.1, -0.05) is 38.1 Å². The van der Waals surface area contributed by atoms with Crippen molar-refractivity contribution in [1.29, 1.82) is 0 Å². The van der Waals surface area contributed by atoms with E-state index in [0.29, 0.717) is 23.8 Å². The minimum absolute atomic E-state index is 0.369. The largest absolute Gasteiger partial charge is 0.491 e. The Kier molecular flexibility index (Phi) is 6.03. The van der Waals surface area contributed by atoms with E-state index in [9.17, 15) is 4.79 Å².